The predicted octanol–water partition coefficient (Wildman–Crippen LogP) is 3.37. The molecule has 0 spiro atoms. The van der Waals surface area contributed by atoms with Gasteiger partial charge in [0.25, 0.3) is 0 Å². The highest BCUT2D eigenvalue weighted by atomic mass is 16.6. The molecule has 1 saturated heterocycles. The Bertz CT molecular complexity index is 364. The number of carbonyl (C=O) groups is 1. The van der Waals surface area contributed by atoms with Gasteiger partial charge < -0.3 is 9.64 Å². The first-order valence-corrected chi connectivity index (χ1v) is 6.31. The number of likely N-dealkylation sites (tertiary alicyclic amines) is 1. The normalized spacial score (nSPS) is 20.1. The largest absolute Gasteiger partial charge is 0.450 e. The number of carbonyl (C=O) groups excluding carboxylic acids is 1. The maximum absolute atomic E-state index is 11.9. The predicted molar refractivity (Wildman–Crippen MR) is 66.8 cm³/mol. The van der Waals surface area contributed by atoms with Gasteiger partial charge in [0.15, 0.2) is 0 Å². The van der Waals surface area contributed by atoms with E-state index < -0.39 is 0 Å². The van der Waals surface area contributed by atoms with Gasteiger partial charge in [-0.05, 0) is 31.7 Å². The van der Waals surface area contributed by atoms with Crippen molar-refractivity contribution in [3.8, 4) is 0 Å². The number of nitrogens with zero attached hydrogens (tertiary/aromatic N) is 1. The maximum atomic E-state index is 11.9. The highest BCUT2D eigenvalue weighted by molar-refractivity contribution is 5.68. The van der Waals surface area contributed by atoms with Gasteiger partial charge in [-0.15, -0.1) is 0 Å². The van der Waals surface area contributed by atoms with Gasteiger partial charge >= 0.3 is 6.09 Å². The summed E-state index contributed by atoms with van der Waals surface area (Å²) < 4.78 is 5.12. The van der Waals surface area contributed by atoms with E-state index in [1.54, 1.807) is 0 Å². The van der Waals surface area contributed by atoms with E-state index in [4.69, 9.17) is 4.74 Å². The van der Waals surface area contributed by atoms with Crippen molar-refractivity contribution < 1.29 is 9.53 Å². The lowest BCUT2D eigenvalue weighted by atomic mass is 9.96. The standard InChI is InChI=1S/C14H19NO2/c1-2-17-14(16)15-11-7-6-10-13(15)12-8-4-3-5-9-12/h3-5,8-9,13H,2,6-7,10-11H2,1H3/t13-/m0/s1. The molecular formula is C14H19NO2. The molecule has 0 unspecified atom stereocenters. The van der Waals surface area contributed by atoms with Crippen LogP contribution in [0, 0.1) is 0 Å². The highest BCUT2D eigenvalue weighted by Gasteiger charge is 2.28. The fourth-order valence-electron chi connectivity index (χ4n) is 2.38. The van der Waals surface area contributed by atoms with E-state index >= 15 is 0 Å². The molecule has 1 fully saturated rings. The van der Waals surface area contributed by atoms with E-state index in [0.717, 1.165) is 19.4 Å². The van der Waals surface area contributed by atoms with Crippen LogP contribution in [-0.4, -0.2) is 24.1 Å². The Balaban J connectivity index is 2.15. The van der Waals surface area contributed by atoms with Crippen LogP contribution < -0.4 is 0 Å². The smallest absolute Gasteiger partial charge is 0.410 e. The fraction of sp³-hybridized carbons (Fsp3) is 0.500. The van der Waals surface area contributed by atoms with Crippen LogP contribution in [0.4, 0.5) is 4.79 Å². The Morgan fingerprint density at radius 1 is 1.35 bits per heavy atom. The van der Waals surface area contributed by atoms with Gasteiger partial charge in [0, 0.05) is 6.54 Å². The Kier molecular flexibility index (Phi) is 4.02. The molecule has 3 heteroatoms. The number of hydrogen-bond acceptors (Lipinski definition) is 2. The Morgan fingerprint density at radius 3 is 2.82 bits per heavy atom. The summed E-state index contributed by atoms with van der Waals surface area (Å²) in [7, 11) is 0. The third-order valence-corrected chi connectivity index (χ3v) is 3.19. The van der Waals surface area contributed by atoms with Crippen LogP contribution >= 0.6 is 0 Å². The van der Waals surface area contributed by atoms with E-state index in [9.17, 15) is 4.79 Å². The fourth-order valence-corrected chi connectivity index (χ4v) is 2.38. The molecule has 0 radical (unpaired) electrons. The van der Waals surface area contributed by atoms with E-state index in [2.05, 4.69) is 12.1 Å². The summed E-state index contributed by atoms with van der Waals surface area (Å²) in [6.45, 7) is 3.09. The van der Waals surface area contributed by atoms with Crippen molar-refractivity contribution in [3.05, 3.63) is 35.9 Å². The molecule has 1 aromatic rings. The van der Waals surface area contributed by atoms with Crippen molar-refractivity contribution in [1.29, 1.82) is 0 Å². The van der Waals surface area contributed by atoms with E-state index in [1.807, 2.05) is 30.0 Å². The van der Waals surface area contributed by atoms with Crippen molar-refractivity contribution in [3.63, 3.8) is 0 Å². The van der Waals surface area contributed by atoms with Crippen molar-refractivity contribution in [2.24, 2.45) is 0 Å². The maximum Gasteiger partial charge on any atom is 0.410 e. The van der Waals surface area contributed by atoms with Crippen molar-refractivity contribution in [2.75, 3.05) is 13.2 Å². The van der Waals surface area contributed by atoms with Crippen LogP contribution in [0.1, 0.15) is 37.8 Å². The van der Waals surface area contributed by atoms with Crippen molar-refractivity contribution in [1.82, 2.24) is 4.90 Å². The zero-order chi connectivity index (χ0) is 12.1. The number of ether oxygens (including phenoxy) is 1. The SMILES string of the molecule is CCOC(=O)N1CCCC[C@H]1c1ccccc1. The summed E-state index contributed by atoms with van der Waals surface area (Å²) in [5.41, 5.74) is 1.21. The first-order valence-electron chi connectivity index (χ1n) is 6.31. The molecule has 1 aliphatic heterocycles. The summed E-state index contributed by atoms with van der Waals surface area (Å²) >= 11 is 0. The number of benzene rings is 1. The molecule has 0 bridgehead atoms. The first kappa shape index (κ1) is 12.0. The number of amides is 1. The molecule has 0 N–H and O–H groups in total. The molecule has 0 aliphatic carbocycles. The second kappa shape index (κ2) is 5.71. The molecule has 3 nitrogen and oxygen atoms in total. The van der Waals surface area contributed by atoms with Crippen LogP contribution in [-0.2, 0) is 4.74 Å². The third-order valence-electron chi connectivity index (χ3n) is 3.19. The molecule has 2 rings (SSSR count). The lowest BCUT2D eigenvalue weighted by Gasteiger charge is -2.35. The monoisotopic (exact) mass is 233 g/mol. The van der Waals surface area contributed by atoms with Crippen LogP contribution in [0.25, 0.3) is 0 Å². The molecule has 0 saturated carbocycles. The van der Waals surface area contributed by atoms with E-state index in [-0.39, 0.29) is 12.1 Å². The summed E-state index contributed by atoms with van der Waals surface area (Å²) in [6.07, 6.45) is 3.10. The van der Waals surface area contributed by atoms with Crippen molar-refractivity contribution in [2.45, 2.75) is 32.2 Å². The molecule has 0 aromatic heterocycles. The van der Waals surface area contributed by atoms with E-state index in [1.165, 1.54) is 12.0 Å². The summed E-state index contributed by atoms with van der Waals surface area (Å²) in [5.74, 6) is 0. The van der Waals surface area contributed by atoms with Gasteiger partial charge in [0.2, 0.25) is 0 Å². The minimum Gasteiger partial charge on any atom is -0.450 e. The molecule has 1 heterocycles. The van der Waals surface area contributed by atoms with Gasteiger partial charge in [-0.2, -0.15) is 0 Å². The molecule has 1 aliphatic rings. The van der Waals surface area contributed by atoms with E-state index in [0.29, 0.717) is 6.61 Å². The van der Waals surface area contributed by atoms with Crippen LogP contribution in [0.2, 0.25) is 0 Å². The molecule has 1 atom stereocenters. The molecule has 1 aromatic carbocycles. The lowest BCUT2D eigenvalue weighted by molar-refractivity contribution is 0.0766. The third kappa shape index (κ3) is 2.78. The first-order chi connectivity index (χ1) is 8.33. The van der Waals surface area contributed by atoms with Gasteiger partial charge in [-0.3, -0.25) is 0 Å². The summed E-state index contributed by atoms with van der Waals surface area (Å²) in [5, 5.41) is 0. The second-order valence-electron chi connectivity index (χ2n) is 4.31. The van der Waals surface area contributed by atoms with Gasteiger partial charge in [0.05, 0.1) is 12.6 Å². The Hall–Kier alpha value is -1.51. The van der Waals surface area contributed by atoms with Gasteiger partial charge in [0.1, 0.15) is 0 Å². The number of piperidine rings is 1. The van der Waals surface area contributed by atoms with Crippen LogP contribution in [0.3, 0.4) is 0 Å². The Morgan fingerprint density at radius 2 is 2.12 bits per heavy atom. The average Bonchev–Trinajstić information content (AvgIpc) is 2.40. The zero-order valence-electron chi connectivity index (χ0n) is 10.3. The van der Waals surface area contributed by atoms with Gasteiger partial charge in [-0.1, -0.05) is 30.3 Å². The van der Waals surface area contributed by atoms with Crippen LogP contribution in [0.15, 0.2) is 30.3 Å². The minimum atomic E-state index is -0.180. The number of hydrogen-bond donors (Lipinski definition) is 0. The average molecular weight is 233 g/mol. The molecule has 92 valence electrons. The van der Waals surface area contributed by atoms with Crippen molar-refractivity contribution >= 4 is 6.09 Å². The second-order valence-corrected chi connectivity index (χ2v) is 4.31. The summed E-state index contributed by atoms with van der Waals surface area (Å²) in [4.78, 5) is 13.7. The minimum absolute atomic E-state index is 0.180. The Labute approximate surface area is 102 Å². The van der Waals surface area contributed by atoms with Gasteiger partial charge in [-0.25, -0.2) is 4.79 Å². The summed E-state index contributed by atoms with van der Waals surface area (Å²) in [6, 6.07) is 10.4. The lowest BCUT2D eigenvalue weighted by Crippen LogP contribution is -2.38. The van der Waals surface area contributed by atoms with Crippen LogP contribution in [0.5, 0.6) is 0 Å². The molecule has 1 amide bonds. The molecular weight excluding hydrogens is 214 g/mol. The topological polar surface area (TPSA) is 29.5 Å². The zero-order valence-corrected chi connectivity index (χ0v) is 10.3. The molecule has 17 heavy (non-hydrogen) atoms. The quantitative estimate of drug-likeness (QED) is 0.783. The highest BCUT2D eigenvalue weighted by Crippen LogP contribution is 2.31. The number of rotatable bonds is 2.